The number of hydrogen-bond acceptors (Lipinski definition) is 4. The van der Waals surface area contributed by atoms with Gasteiger partial charge >= 0.3 is 0 Å². The third kappa shape index (κ3) is 3.64. The summed E-state index contributed by atoms with van der Waals surface area (Å²) in [5, 5.41) is 14.4. The second kappa shape index (κ2) is 6.77. The zero-order valence-corrected chi connectivity index (χ0v) is 11.7. The number of non-ortho nitro benzene ring substituents is 1. The minimum Gasteiger partial charge on any atom is -0.267 e. The molecule has 1 N–H and O–H groups in total. The van der Waals surface area contributed by atoms with E-state index in [1.807, 2.05) is 0 Å². The zero-order valence-electron chi connectivity index (χ0n) is 11.0. The zero-order chi connectivity index (χ0) is 16.1. The molecule has 0 aromatic heterocycles. The Morgan fingerprint density at radius 2 is 2.05 bits per heavy atom. The van der Waals surface area contributed by atoms with E-state index in [9.17, 15) is 19.3 Å². The highest BCUT2D eigenvalue weighted by molar-refractivity contribution is 6.33. The van der Waals surface area contributed by atoms with Crippen molar-refractivity contribution in [3.05, 3.63) is 74.5 Å². The molecule has 1 amide bonds. The summed E-state index contributed by atoms with van der Waals surface area (Å²) < 4.78 is 13.5. The molecule has 0 heterocycles. The van der Waals surface area contributed by atoms with E-state index in [1.165, 1.54) is 36.4 Å². The Morgan fingerprint density at radius 1 is 1.32 bits per heavy atom. The third-order valence-electron chi connectivity index (χ3n) is 2.68. The third-order valence-corrected chi connectivity index (χ3v) is 3.01. The van der Waals surface area contributed by atoms with Crippen LogP contribution in [0.25, 0.3) is 0 Å². The van der Waals surface area contributed by atoms with Crippen LogP contribution in [0, 0.1) is 15.9 Å². The van der Waals surface area contributed by atoms with Gasteiger partial charge in [-0.15, -0.1) is 0 Å². The van der Waals surface area contributed by atoms with Gasteiger partial charge in [-0.3, -0.25) is 14.9 Å². The van der Waals surface area contributed by atoms with Crippen molar-refractivity contribution in [1.29, 1.82) is 0 Å². The predicted octanol–water partition coefficient (Wildman–Crippen LogP) is 3.15. The highest BCUT2D eigenvalue weighted by atomic mass is 35.5. The van der Waals surface area contributed by atoms with Gasteiger partial charge in [-0.1, -0.05) is 23.7 Å². The highest BCUT2D eigenvalue weighted by Gasteiger charge is 2.11. The number of rotatable bonds is 4. The van der Waals surface area contributed by atoms with Gasteiger partial charge in [0.05, 0.1) is 16.2 Å². The normalized spacial score (nSPS) is 10.6. The average molecular weight is 322 g/mol. The molecule has 0 saturated carbocycles. The molecule has 112 valence electrons. The molecule has 2 rings (SSSR count). The second-order valence-corrected chi connectivity index (χ2v) is 4.55. The van der Waals surface area contributed by atoms with Crippen molar-refractivity contribution in [2.75, 3.05) is 0 Å². The monoisotopic (exact) mass is 321 g/mol. The molecule has 0 saturated heterocycles. The highest BCUT2D eigenvalue weighted by Crippen LogP contribution is 2.16. The van der Waals surface area contributed by atoms with Crippen LogP contribution < -0.4 is 5.43 Å². The molecular formula is C14H9ClFN3O3. The number of hydrogen-bond donors (Lipinski definition) is 1. The summed E-state index contributed by atoms with van der Waals surface area (Å²) in [5.74, 6) is -1.24. The van der Waals surface area contributed by atoms with Crippen molar-refractivity contribution in [2.45, 2.75) is 0 Å². The van der Waals surface area contributed by atoms with Crippen LogP contribution in [0.15, 0.2) is 47.6 Å². The number of nitro groups is 1. The lowest BCUT2D eigenvalue weighted by Gasteiger charge is -2.01. The molecule has 0 aliphatic carbocycles. The Labute approximate surface area is 129 Å². The minimum absolute atomic E-state index is 0.0310. The van der Waals surface area contributed by atoms with Crippen LogP contribution in [0.5, 0.6) is 0 Å². The van der Waals surface area contributed by atoms with Gasteiger partial charge in [-0.05, 0) is 18.2 Å². The Bertz CT molecular complexity index is 744. The first-order valence-corrected chi connectivity index (χ1v) is 6.38. The number of nitrogens with one attached hydrogen (secondary N) is 1. The van der Waals surface area contributed by atoms with Crippen LogP contribution >= 0.6 is 11.6 Å². The Kier molecular flexibility index (Phi) is 4.80. The number of carbonyl (C=O) groups excluding carboxylic acids is 1. The molecule has 0 aliphatic rings. The van der Waals surface area contributed by atoms with Gasteiger partial charge in [0.15, 0.2) is 0 Å². The van der Waals surface area contributed by atoms with E-state index in [0.717, 1.165) is 12.3 Å². The van der Waals surface area contributed by atoms with Gasteiger partial charge in [0.2, 0.25) is 0 Å². The molecule has 22 heavy (non-hydrogen) atoms. The van der Waals surface area contributed by atoms with Crippen molar-refractivity contribution in [3.63, 3.8) is 0 Å². The average Bonchev–Trinajstić information content (AvgIpc) is 2.50. The summed E-state index contributed by atoms with van der Waals surface area (Å²) in [6.45, 7) is 0. The summed E-state index contributed by atoms with van der Waals surface area (Å²) in [6.07, 6.45) is 1.06. The molecule has 0 atom stereocenters. The van der Waals surface area contributed by atoms with Gasteiger partial charge in [0, 0.05) is 23.3 Å². The smallest absolute Gasteiger partial charge is 0.267 e. The largest absolute Gasteiger partial charge is 0.271 e. The van der Waals surface area contributed by atoms with Crippen LogP contribution in [0.4, 0.5) is 10.1 Å². The first kappa shape index (κ1) is 15.6. The number of carbonyl (C=O) groups is 1. The standard InChI is InChI=1S/C14H9ClFN3O3/c15-12-5-2-6-13(16)11(12)8-17-18-14(20)9-3-1-4-10(7-9)19(21)22/h1-8H,(H,18,20). The molecule has 6 nitrogen and oxygen atoms in total. The van der Waals surface area contributed by atoms with E-state index >= 15 is 0 Å². The minimum atomic E-state index is -0.660. The lowest BCUT2D eigenvalue weighted by molar-refractivity contribution is -0.384. The fourth-order valence-corrected chi connectivity index (χ4v) is 1.83. The molecule has 0 aliphatic heterocycles. The van der Waals surface area contributed by atoms with E-state index < -0.39 is 16.6 Å². The second-order valence-electron chi connectivity index (χ2n) is 4.14. The van der Waals surface area contributed by atoms with Crippen LogP contribution in [0.1, 0.15) is 15.9 Å². The predicted molar refractivity (Wildman–Crippen MR) is 79.6 cm³/mol. The van der Waals surface area contributed by atoms with Gasteiger partial charge in [-0.25, -0.2) is 9.82 Å². The first-order valence-electron chi connectivity index (χ1n) is 6.01. The van der Waals surface area contributed by atoms with E-state index in [0.29, 0.717) is 0 Å². The van der Waals surface area contributed by atoms with E-state index in [-0.39, 0.29) is 21.8 Å². The molecule has 8 heteroatoms. The molecule has 0 bridgehead atoms. The Hall–Kier alpha value is -2.80. The first-order chi connectivity index (χ1) is 10.5. The summed E-state index contributed by atoms with van der Waals surface area (Å²) >= 11 is 5.80. The van der Waals surface area contributed by atoms with E-state index in [4.69, 9.17) is 11.6 Å². The summed E-state index contributed by atoms with van der Waals surface area (Å²) in [5.41, 5.74) is 2.03. The Morgan fingerprint density at radius 3 is 2.73 bits per heavy atom. The fourth-order valence-electron chi connectivity index (χ4n) is 1.61. The van der Waals surface area contributed by atoms with Gasteiger partial charge in [0.25, 0.3) is 11.6 Å². The van der Waals surface area contributed by atoms with Gasteiger partial charge in [-0.2, -0.15) is 5.10 Å². The van der Waals surface area contributed by atoms with Crippen molar-refractivity contribution >= 4 is 29.4 Å². The van der Waals surface area contributed by atoms with Gasteiger partial charge < -0.3 is 0 Å². The van der Waals surface area contributed by atoms with Crippen LogP contribution in [0.2, 0.25) is 5.02 Å². The molecule has 2 aromatic carbocycles. The summed E-state index contributed by atoms with van der Waals surface area (Å²) in [6, 6.07) is 9.28. The molecular weight excluding hydrogens is 313 g/mol. The van der Waals surface area contributed by atoms with Gasteiger partial charge in [0.1, 0.15) is 5.82 Å². The molecule has 2 aromatic rings. The number of nitrogens with zero attached hydrogens (tertiary/aromatic N) is 2. The maximum absolute atomic E-state index is 13.5. The number of hydrazone groups is 1. The van der Waals surface area contributed by atoms with E-state index in [2.05, 4.69) is 10.5 Å². The number of nitro benzene ring substituents is 1. The molecule has 0 fully saturated rings. The van der Waals surface area contributed by atoms with Crippen molar-refractivity contribution in [2.24, 2.45) is 5.10 Å². The summed E-state index contributed by atoms with van der Waals surface area (Å²) in [4.78, 5) is 21.8. The molecule has 0 spiro atoms. The molecule has 0 unspecified atom stereocenters. The van der Waals surface area contributed by atoms with E-state index in [1.54, 1.807) is 0 Å². The SMILES string of the molecule is O=C(NN=Cc1c(F)cccc1Cl)c1cccc([N+](=O)[O-])c1. The number of halogens is 2. The maximum atomic E-state index is 13.5. The lowest BCUT2D eigenvalue weighted by atomic mass is 10.2. The Balaban J connectivity index is 2.11. The van der Waals surface area contributed by atoms with Crippen LogP contribution in [-0.2, 0) is 0 Å². The maximum Gasteiger partial charge on any atom is 0.271 e. The van der Waals surface area contributed by atoms with Crippen molar-refractivity contribution in [1.82, 2.24) is 5.43 Å². The number of benzene rings is 2. The molecule has 0 radical (unpaired) electrons. The quantitative estimate of drug-likeness (QED) is 0.533. The lowest BCUT2D eigenvalue weighted by Crippen LogP contribution is -2.17. The number of amides is 1. The van der Waals surface area contributed by atoms with Crippen LogP contribution in [0.3, 0.4) is 0 Å². The van der Waals surface area contributed by atoms with Crippen molar-refractivity contribution < 1.29 is 14.1 Å². The topological polar surface area (TPSA) is 84.6 Å². The van der Waals surface area contributed by atoms with Crippen LogP contribution in [-0.4, -0.2) is 17.0 Å². The summed E-state index contributed by atoms with van der Waals surface area (Å²) in [7, 11) is 0. The fraction of sp³-hybridized carbons (Fsp3) is 0. The van der Waals surface area contributed by atoms with Crippen molar-refractivity contribution in [3.8, 4) is 0 Å².